The third-order valence-electron chi connectivity index (χ3n) is 8.88. The number of para-hydroxylation sites is 4. The third-order valence-corrected chi connectivity index (χ3v) is 10.8. The fraction of sp³-hybridized carbons (Fsp3) is 0.429. The van der Waals surface area contributed by atoms with Crippen molar-refractivity contribution in [3.63, 3.8) is 0 Å². The number of hydrogen-bond donors (Lipinski definition) is 2. The summed E-state index contributed by atoms with van der Waals surface area (Å²) in [7, 11) is -9.19. The van der Waals surface area contributed by atoms with Crippen LogP contribution in [0.15, 0.2) is 94.7 Å². The Labute approximate surface area is 357 Å². The first-order valence-corrected chi connectivity index (χ1v) is 21.8. The van der Waals surface area contributed by atoms with E-state index in [2.05, 4.69) is 13.8 Å². The van der Waals surface area contributed by atoms with Crippen molar-refractivity contribution in [3.05, 3.63) is 96.1 Å². The second kappa shape index (κ2) is 25.4. The molecule has 0 unspecified atom stereocenters. The Kier molecular flexibility index (Phi) is 22.3. The van der Waals surface area contributed by atoms with Crippen LogP contribution in [-0.2, 0) is 33.1 Å². The number of hydrogen-bond acceptors (Lipinski definition) is 9. The number of ether oxygens (including phenoxy) is 2. The van der Waals surface area contributed by atoms with E-state index in [1.807, 2.05) is 0 Å². The van der Waals surface area contributed by atoms with Gasteiger partial charge in [-0.05, 0) is 67.1 Å². The smallest absolute Gasteiger partial charge is 0.870 e. The van der Waals surface area contributed by atoms with E-state index >= 15 is 0 Å². The van der Waals surface area contributed by atoms with Crippen LogP contribution < -0.4 is 14.6 Å². The van der Waals surface area contributed by atoms with Gasteiger partial charge < -0.3 is 24.2 Å². The first-order chi connectivity index (χ1) is 25.9. The molecule has 0 atom stereocenters. The molecule has 0 fully saturated rings. The van der Waals surface area contributed by atoms with Gasteiger partial charge in [0.1, 0.15) is 37.2 Å². The number of aryl methyl sites for hydroxylation is 2. The van der Waals surface area contributed by atoms with E-state index in [1.165, 1.54) is 87.8 Å². The Hall–Kier alpha value is -2.84. The topological polar surface area (TPSA) is 173 Å². The van der Waals surface area contributed by atoms with Crippen LogP contribution in [0.2, 0.25) is 0 Å². The predicted molar refractivity (Wildman–Crippen MR) is 214 cm³/mol. The third kappa shape index (κ3) is 17.0. The van der Waals surface area contributed by atoms with Crippen molar-refractivity contribution >= 4 is 58.0 Å². The average Bonchev–Trinajstić information content (AvgIpc) is 3.12. The van der Waals surface area contributed by atoms with Gasteiger partial charge in [0.15, 0.2) is 11.5 Å². The SMILES string of the molecule is CCCCCCCCCc1cccc(Oc2ccccc2O)c1S(=O)(=O)O.CCCCCCCCCc1cccc(Oc2ccccc2[O-])c1S(=O)(=O)[O-].[Ca+2]. The summed E-state index contributed by atoms with van der Waals surface area (Å²) in [5.41, 5.74) is 0.971. The van der Waals surface area contributed by atoms with E-state index in [0.717, 1.165) is 38.5 Å². The van der Waals surface area contributed by atoms with E-state index in [9.17, 15) is 36.2 Å². The first kappa shape index (κ1) is 48.3. The average molecular weight is 823 g/mol. The van der Waals surface area contributed by atoms with Crippen LogP contribution in [0.3, 0.4) is 0 Å². The van der Waals surface area contributed by atoms with Gasteiger partial charge >= 0.3 is 37.7 Å². The molecule has 0 spiro atoms. The first-order valence-electron chi connectivity index (χ1n) is 18.9. The number of benzene rings is 4. The van der Waals surface area contributed by atoms with Crippen LogP contribution in [0, 0.1) is 0 Å². The summed E-state index contributed by atoms with van der Waals surface area (Å²) in [4.78, 5) is -0.585. The summed E-state index contributed by atoms with van der Waals surface area (Å²) in [6, 6.07) is 21.8. The van der Waals surface area contributed by atoms with E-state index in [-0.39, 0.29) is 82.0 Å². The summed E-state index contributed by atoms with van der Waals surface area (Å²) in [6.07, 6.45) is 16.6. The van der Waals surface area contributed by atoms with Crippen molar-refractivity contribution in [1.29, 1.82) is 0 Å². The van der Waals surface area contributed by atoms with Gasteiger partial charge in [-0.25, -0.2) is 8.42 Å². The minimum atomic E-state index is -4.73. The van der Waals surface area contributed by atoms with Gasteiger partial charge in [0.25, 0.3) is 10.1 Å². The van der Waals surface area contributed by atoms with E-state index < -0.39 is 20.2 Å². The Morgan fingerprint density at radius 2 is 0.927 bits per heavy atom. The van der Waals surface area contributed by atoms with Crippen LogP contribution in [0.1, 0.15) is 115 Å². The molecule has 4 aromatic rings. The monoisotopic (exact) mass is 822 g/mol. The minimum Gasteiger partial charge on any atom is -0.870 e. The normalized spacial score (nSPS) is 11.3. The number of rotatable bonds is 22. The van der Waals surface area contributed by atoms with Gasteiger partial charge in [-0.1, -0.05) is 151 Å². The van der Waals surface area contributed by atoms with Crippen molar-refractivity contribution in [2.75, 3.05) is 0 Å². The maximum Gasteiger partial charge on any atom is 2.00 e. The molecule has 55 heavy (non-hydrogen) atoms. The Morgan fingerprint density at radius 3 is 1.40 bits per heavy atom. The van der Waals surface area contributed by atoms with Crippen molar-refractivity contribution < 1.29 is 45.6 Å². The van der Waals surface area contributed by atoms with Crippen LogP contribution in [0.4, 0.5) is 0 Å². The second-order valence-corrected chi connectivity index (χ2v) is 16.0. The van der Waals surface area contributed by atoms with Gasteiger partial charge in [0.2, 0.25) is 0 Å². The molecule has 4 rings (SSSR count). The molecule has 13 heteroatoms. The molecule has 0 aromatic heterocycles. The van der Waals surface area contributed by atoms with Gasteiger partial charge in [-0.15, -0.1) is 0 Å². The maximum atomic E-state index is 12.0. The van der Waals surface area contributed by atoms with Gasteiger partial charge in [-0.2, -0.15) is 8.42 Å². The fourth-order valence-electron chi connectivity index (χ4n) is 6.11. The second-order valence-electron chi connectivity index (χ2n) is 13.3. The van der Waals surface area contributed by atoms with Gasteiger partial charge in [0, 0.05) is 0 Å². The number of aromatic hydroxyl groups is 1. The molecule has 0 saturated carbocycles. The predicted octanol–water partition coefficient (Wildman–Crippen LogP) is 10.1. The zero-order chi connectivity index (χ0) is 39.4. The molecule has 0 bridgehead atoms. The standard InChI is InChI=1S/2C21H28O5S.Ca/c2*1-2-3-4-5-6-7-8-12-17-13-11-16-20(21(17)27(23,24)25)26-19-15-10-9-14-18(19)22;/h2*9-11,13-16,22H,2-8,12H2,1H3,(H,23,24,25);/q;;+2/p-2. The largest absolute Gasteiger partial charge is 2.00 e. The van der Waals surface area contributed by atoms with Crippen molar-refractivity contribution in [3.8, 4) is 34.5 Å². The van der Waals surface area contributed by atoms with Gasteiger partial charge in [-0.3, -0.25) is 4.55 Å². The molecule has 0 aliphatic rings. The van der Waals surface area contributed by atoms with Crippen molar-refractivity contribution in [2.24, 2.45) is 0 Å². The maximum absolute atomic E-state index is 12.0. The van der Waals surface area contributed by atoms with E-state index in [0.29, 0.717) is 24.0 Å². The molecule has 0 aliphatic heterocycles. The fourth-order valence-corrected chi connectivity index (χ4v) is 7.83. The molecule has 0 heterocycles. The zero-order valence-electron chi connectivity index (χ0n) is 32.1. The Bertz CT molecular complexity index is 1810. The zero-order valence-corrected chi connectivity index (χ0v) is 35.9. The molecule has 0 saturated heterocycles. The molecule has 4 aromatic carbocycles. The van der Waals surface area contributed by atoms with Crippen LogP contribution in [0.25, 0.3) is 0 Å². The van der Waals surface area contributed by atoms with Gasteiger partial charge in [0.05, 0.1) is 0 Å². The number of phenols is 1. The molecule has 10 nitrogen and oxygen atoms in total. The molecular formula is C42H54CaO10S2. The summed E-state index contributed by atoms with van der Waals surface area (Å²) < 4.78 is 80.3. The minimum absolute atomic E-state index is 0. The number of phenolic OH excluding ortho intramolecular Hbond substituents is 1. The molecule has 0 aliphatic carbocycles. The Morgan fingerprint density at radius 1 is 0.527 bits per heavy atom. The molecule has 296 valence electrons. The Balaban J connectivity index is 0.000000373. The van der Waals surface area contributed by atoms with Crippen LogP contribution >= 0.6 is 0 Å². The molecule has 2 N–H and O–H groups in total. The number of unbranched alkanes of at least 4 members (excludes halogenated alkanes) is 12. The molecule has 0 radical (unpaired) electrons. The van der Waals surface area contributed by atoms with Crippen LogP contribution in [0.5, 0.6) is 34.5 Å². The quantitative estimate of drug-likeness (QED) is 0.0441. The molecular weight excluding hydrogens is 769 g/mol. The van der Waals surface area contributed by atoms with E-state index in [4.69, 9.17) is 9.47 Å². The summed E-state index contributed by atoms with van der Waals surface area (Å²) >= 11 is 0. The van der Waals surface area contributed by atoms with Crippen molar-refractivity contribution in [1.82, 2.24) is 0 Å². The molecule has 0 amide bonds. The van der Waals surface area contributed by atoms with Crippen LogP contribution in [-0.4, -0.2) is 68.8 Å². The van der Waals surface area contributed by atoms with E-state index in [1.54, 1.807) is 48.5 Å². The van der Waals surface area contributed by atoms with Crippen molar-refractivity contribution in [2.45, 2.75) is 126 Å². The summed E-state index contributed by atoms with van der Waals surface area (Å²) in [6.45, 7) is 4.35. The summed E-state index contributed by atoms with van der Waals surface area (Å²) in [5, 5.41) is 21.7. The summed E-state index contributed by atoms with van der Waals surface area (Å²) in [5.74, 6) is -0.417.